The Morgan fingerprint density at radius 2 is 1.85 bits per heavy atom. The molecule has 2 aromatic carbocycles. The van der Waals surface area contributed by atoms with Crippen molar-refractivity contribution < 1.29 is 13.2 Å². The third-order valence-electron chi connectivity index (χ3n) is 3.89. The number of hydrogen-bond acceptors (Lipinski definition) is 4. The lowest BCUT2D eigenvalue weighted by atomic mass is 10.3. The van der Waals surface area contributed by atoms with Crippen molar-refractivity contribution in [3.63, 3.8) is 0 Å². The summed E-state index contributed by atoms with van der Waals surface area (Å²) in [4.78, 5) is 13.5. The SMILES string of the molecule is O=C(CCCSc1ccccc1)Nc1cccc(S(=O)(=O)NC2CC2)c1. The monoisotopic (exact) mass is 390 g/mol. The number of thioether (sulfide) groups is 1. The molecule has 5 nitrogen and oxygen atoms in total. The Morgan fingerprint density at radius 3 is 2.58 bits per heavy atom. The number of amides is 1. The fourth-order valence-electron chi connectivity index (χ4n) is 2.39. The minimum absolute atomic E-state index is 0.0559. The van der Waals surface area contributed by atoms with E-state index in [4.69, 9.17) is 0 Å². The first-order valence-corrected chi connectivity index (χ1v) is 11.1. The average molecular weight is 391 g/mol. The van der Waals surface area contributed by atoms with E-state index in [1.807, 2.05) is 30.3 Å². The summed E-state index contributed by atoms with van der Waals surface area (Å²) in [7, 11) is -3.51. The lowest BCUT2D eigenvalue weighted by molar-refractivity contribution is -0.116. The zero-order chi connectivity index (χ0) is 18.4. The predicted octanol–water partition coefficient (Wildman–Crippen LogP) is 3.64. The van der Waals surface area contributed by atoms with Gasteiger partial charge >= 0.3 is 0 Å². The minimum atomic E-state index is -3.51. The lowest BCUT2D eigenvalue weighted by Crippen LogP contribution is -2.25. The number of hydrogen-bond donors (Lipinski definition) is 2. The quantitative estimate of drug-likeness (QED) is 0.506. The number of anilines is 1. The van der Waals surface area contributed by atoms with Gasteiger partial charge in [-0.1, -0.05) is 24.3 Å². The van der Waals surface area contributed by atoms with E-state index in [1.165, 1.54) is 17.0 Å². The number of carbonyl (C=O) groups excluding carboxylic acids is 1. The summed E-state index contributed by atoms with van der Waals surface area (Å²) in [6, 6.07) is 16.5. The van der Waals surface area contributed by atoms with Gasteiger partial charge in [-0.25, -0.2) is 13.1 Å². The van der Waals surface area contributed by atoms with Crippen LogP contribution in [0.2, 0.25) is 0 Å². The number of carbonyl (C=O) groups is 1. The van der Waals surface area contributed by atoms with Crippen molar-refractivity contribution in [3.05, 3.63) is 54.6 Å². The molecule has 0 aromatic heterocycles. The van der Waals surface area contributed by atoms with Crippen molar-refractivity contribution in [1.82, 2.24) is 4.72 Å². The molecule has 3 rings (SSSR count). The van der Waals surface area contributed by atoms with Crippen molar-refractivity contribution in [2.45, 2.75) is 41.5 Å². The normalized spacial score (nSPS) is 14.2. The number of nitrogens with one attached hydrogen (secondary N) is 2. The highest BCUT2D eigenvalue weighted by Gasteiger charge is 2.28. The highest BCUT2D eigenvalue weighted by Crippen LogP contribution is 2.23. The Kier molecular flexibility index (Phi) is 6.34. The van der Waals surface area contributed by atoms with E-state index >= 15 is 0 Å². The van der Waals surface area contributed by atoms with Crippen LogP contribution in [-0.2, 0) is 14.8 Å². The van der Waals surface area contributed by atoms with Gasteiger partial charge in [0.1, 0.15) is 0 Å². The maximum atomic E-state index is 12.2. The zero-order valence-corrected chi connectivity index (χ0v) is 16.0. The molecular formula is C19H22N2O3S2. The molecule has 1 fully saturated rings. The van der Waals surface area contributed by atoms with Crippen LogP contribution in [0.3, 0.4) is 0 Å². The van der Waals surface area contributed by atoms with Crippen LogP contribution in [-0.4, -0.2) is 26.1 Å². The van der Waals surface area contributed by atoms with Crippen molar-refractivity contribution in [1.29, 1.82) is 0 Å². The first kappa shape index (κ1) is 18.9. The van der Waals surface area contributed by atoms with Crippen LogP contribution in [0.15, 0.2) is 64.4 Å². The molecule has 0 spiro atoms. The fraction of sp³-hybridized carbons (Fsp3) is 0.316. The molecule has 7 heteroatoms. The van der Waals surface area contributed by atoms with Gasteiger partial charge in [-0.3, -0.25) is 4.79 Å². The largest absolute Gasteiger partial charge is 0.326 e. The second-order valence-electron chi connectivity index (χ2n) is 6.24. The molecular weight excluding hydrogens is 368 g/mol. The topological polar surface area (TPSA) is 75.3 Å². The van der Waals surface area contributed by atoms with Crippen molar-refractivity contribution in [3.8, 4) is 0 Å². The molecule has 0 atom stereocenters. The molecule has 0 bridgehead atoms. The highest BCUT2D eigenvalue weighted by atomic mass is 32.2. The summed E-state index contributed by atoms with van der Waals surface area (Å²) < 4.78 is 27.1. The maximum absolute atomic E-state index is 12.2. The summed E-state index contributed by atoms with van der Waals surface area (Å²) in [5.74, 6) is 0.750. The molecule has 0 aliphatic heterocycles. The van der Waals surface area contributed by atoms with Crippen LogP contribution in [0.25, 0.3) is 0 Å². The molecule has 26 heavy (non-hydrogen) atoms. The Morgan fingerprint density at radius 1 is 1.08 bits per heavy atom. The highest BCUT2D eigenvalue weighted by molar-refractivity contribution is 7.99. The summed E-state index contributed by atoms with van der Waals surface area (Å²) in [6.07, 6.45) is 2.93. The number of sulfonamides is 1. The van der Waals surface area contributed by atoms with Gasteiger partial charge in [0.15, 0.2) is 0 Å². The van der Waals surface area contributed by atoms with Gasteiger partial charge in [-0.05, 0) is 55.3 Å². The van der Waals surface area contributed by atoms with Gasteiger partial charge in [0.05, 0.1) is 4.90 Å². The van der Waals surface area contributed by atoms with Crippen molar-refractivity contribution >= 4 is 33.4 Å². The second-order valence-corrected chi connectivity index (χ2v) is 9.12. The third kappa shape index (κ3) is 5.86. The Balaban J connectivity index is 1.47. The summed E-state index contributed by atoms with van der Waals surface area (Å²) in [5.41, 5.74) is 0.504. The predicted molar refractivity (Wildman–Crippen MR) is 105 cm³/mol. The minimum Gasteiger partial charge on any atom is -0.326 e. The molecule has 0 saturated heterocycles. The first-order chi connectivity index (χ1) is 12.5. The first-order valence-electron chi connectivity index (χ1n) is 8.63. The fourth-order valence-corrected chi connectivity index (χ4v) is 4.62. The van der Waals surface area contributed by atoms with Gasteiger partial charge in [-0.15, -0.1) is 11.8 Å². The van der Waals surface area contributed by atoms with Gasteiger partial charge in [0.2, 0.25) is 15.9 Å². The van der Waals surface area contributed by atoms with E-state index in [9.17, 15) is 13.2 Å². The molecule has 1 aliphatic rings. The molecule has 2 N–H and O–H groups in total. The number of benzene rings is 2. The molecule has 0 heterocycles. The Hall–Kier alpha value is -1.83. The lowest BCUT2D eigenvalue weighted by Gasteiger charge is -2.09. The summed E-state index contributed by atoms with van der Waals surface area (Å²) in [6.45, 7) is 0. The molecule has 0 radical (unpaired) electrons. The standard InChI is InChI=1S/C19H22N2O3S2/c22-19(10-5-13-25-17-7-2-1-3-8-17)20-16-6-4-9-18(14-16)26(23,24)21-15-11-12-15/h1-4,6-9,14-15,21H,5,10-13H2,(H,20,22). The molecule has 1 saturated carbocycles. The van der Waals surface area contributed by atoms with E-state index < -0.39 is 10.0 Å². The van der Waals surface area contributed by atoms with E-state index in [-0.39, 0.29) is 16.8 Å². The summed E-state index contributed by atoms with van der Waals surface area (Å²) >= 11 is 1.72. The van der Waals surface area contributed by atoms with Crippen molar-refractivity contribution in [2.75, 3.05) is 11.1 Å². The molecule has 1 aliphatic carbocycles. The average Bonchev–Trinajstić information content (AvgIpc) is 3.43. The smallest absolute Gasteiger partial charge is 0.240 e. The Labute approximate surface area is 158 Å². The maximum Gasteiger partial charge on any atom is 0.240 e. The van der Waals surface area contributed by atoms with E-state index in [0.29, 0.717) is 12.1 Å². The van der Waals surface area contributed by atoms with Crippen LogP contribution < -0.4 is 10.0 Å². The van der Waals surface area contributed by atoms with Gasteiger partial charge in [-0.2, -0.15) is 0 Å². The second kappa shape index (κ2) is 8.70. The Bertz CT molecular complexity index is 850. The van der Waals surface area contributed by atoms with Crippen LogP contribution in [0.4, 0.5) is 5.69 Å². The third-order valence-corrected chi connectivity index (χ3v) is 6.50. The van der Waals surface area contributed by atoms with Crippen LogP contribution >= 0.6 is 11.8 Å². The molecule has 1 amide bonds. The summed E-state index contributed by atoms with van der Waals surface area (Å²) in [5, 5.41) is 2.78. The van der Waals surface area contributed by atoms with E-state index in [1.54, 1.807) is 23.9 Å². The van der Waals surface area contributed by atoms with E-state index in [2.05, 4.69) is 10.0 Å². The van der Waals surface area contributed by atoms with Crippen LogP contribution in [0.5, 0.6) is 0 Å². The molecule has 0 unspecified atom stereocenters. The van der Waals surface area contributed by atoms with Crippen LogP contribution in [0, 0.1) is 0 Å². The van der Waals surface area contributed by atoms with Crippen LogP contribution in [0.1, 0.15) is 25.7 Å². The van der Waals surface area contributed by atoms with E-state index in [0.717, 1.165) is 25.0 Å². The number of rotatable bonds is 9. The van der Waals surface area contributed by atoms with Crippen molar-refractivity contribution in [2.24, 2.45) is 0 Å². The molecule has 2 aromatic rings. The molecule has 138 valence electrons. The zero-order valence-electron chi connectivity index (χ0n) is 14.4. The van der Waals surface area contributed by atoms with Gasteiger partial charge < -0.3 is 5.32 Å². The van der Waals surface area contributed by atoms with Gasteiger partial charge in [0, 0.05) is 23.0 Å². The van der Waals surface area contributed by atoms with Gasteiger partial charge in [0.25, 0.3) is 0 Å².